The van der Waals surface area contributed by atoms with Crippen LogP contribution in [-0.4, -0.2) is 16.6 Å². The molecule has 6 nitrogen and oxygen atoms in total. The van der Waals surface area contributed by atoms with Gasteiger partial charge >= 0.3 is 0 Å². The third-order valence-corrected chi connectivity index (χ3v) is 3.35. The Hall–Kier alpha value is -3.02. The van der Waals surface area contributed by atoms with E-state index in [2.05, 4.69) is 9.98 Å². The molecule has 6 heteroatoms. The predicted molar refractivity (Wildman–Crippen MR) is 79.7 cm³/mol. The van der Waals surface area contributed by atoms with Gasteiger partial charge in [-0.05, 0) is 30.7 Å². The lowest BCUT2D eigenvalue weighted by atomic mass is 10.1. The van der Waals surface area contributed by atoms with Crippen LogP contribution in [-0.2, 0) is 0 Å². The van der Waals surface area contributed by atoms with Crippen molar-refractivity contribution in [1.82, 2.24) is 0 Å². The fourth-order valence-electron chi connectivity index (χ4n) is 2.27. The molecule has 0 atom stereocenters. The first-order chi connectivity index (χ1) is 10.1. The molecule has 21 heavy (non-hydrogen) atoms. The quantitative estimate of drug-likeness (QED) is 0.629. The Labute approximate surface area is 120 Å². The molecule has 0 aliphatic carbocycles. The fraction of sp³-hybridized carbons (Fsp3) is 0.0667. The Morgan fingerprint density at radius 3 is 2.57 bits per heavy atom. The number of fused-ring (bicyclic) bond motifs is 1. The van der Waals surface area contributed by atoms with Crippen LogP contribution >= 0.6 is 0 Å². The number of aliphatic imine (C=N–C) groups is 1. The van der Waals surface area contributed by atoms with E-state index in [1.54, 1.807) is 13.0 Å². The van der Waals surface area contributed by atoms with E-state index in [1.807, 2.05) is 24.3 Å². The number of hydrogen-bond donors (Lipinski definition) is 2. The van der Waals surface area contributed by atoms with Gasteiger partial charge < -0.3 is 5.73 Å². The Morgan fingerprint density at radius 1 is 1.19 bits per heavy atom. The van der Waals surface area contributed by atoms with Gasteiger partial charge in [0.15, 0.2) is 0 Å². The lowest BCUT2D eigenvalue weighted by Gasteiger charge is -1.98. The summed E-state index contributed by atoms with van der Waals surface area (Å²) in [5.41, 5.74) is 9.23. The van der Waals surface area contributed by atoms with Crippen molar-refractivity contribution in [3.8, 4) is 0 Å². The number of aryl methyl sites for hydroxylation is 1. The molecule has 0 spiro atoms. The maximum Gasteiger partial charge on any atom is 0.269 e. The molecule has 1 aliphatic rings. The molecule has 1 aliphatic heterocycles. The van der Waals surface area contributed by atoms with E-state index in [4.69, 9.17) is 5.73 Å². The molecule has 3 N–H and O–H groups in total. The van der Waals surface area contributed by atoms with Crippen molar-refractivity contribution in [2.45, 2.75) is 6.92 Å². The van der Waals surface area contributed by atoms with Crippen LogP contribution in [0.15, 0.2) is 47.5 Å². The topological polar surface area (TPSA) is 95.5 Å². The van der Waals surface area contributed by atoms with Crippen LogP contribution in [0.25, 0.3) is 0 Å². The average molecular weight is 281 g/mol. The van der Waals surface area contributed by atoms with Gasteiger partial charge in [-0.2, -0.15) is 0 Å². The highest BCUT2D eigenvalue weighted by molar-refractivity contribution is 6.12. The number of amidine groups is 2. The first-order valence-corrected chi connectivity index (χ1v) is 6.39. The van der Waals surface area contributed by atoms with Crippen LogP contribution < -0.4 is 10.7 Å². The predicted octanol–water partition coefficient (Wildman–Crippen LogP) is 0.781. The molecule has 0 fully saturated rings. The van der Waals surface area contributed by atoms with Crippen molar-refractivity contribution in [2.75, 3.05) is 0 Å². The Balaban J connectivity index is 2.06. The number of nitro benzene ring substituents is 1. The third-order valence-electron chi connectivity index (χ3n) is 3.35. The summed E-state index contributed by atoms with van der Waals surface area (Å²) in [5.74, 6) is 1.21. The molecule has 0 bridgehead atoms. The number of non-ortho nitro benzene ring substituents is 1. The van der Waals surface area contributed by atoms with Gasteiger partial charge in [-0.3, -0.25) is 10.1 Å². The van der Waals surface area contributed by atoms with E-state index in [0.29, 0.717) is 17.4 Å². The Bertz CT molecular complexity index is 809. The van der Waals surface area contributed by atoms with Crippen LogP contribution in [0.5, 0.6) is 0 Å². The molecule has 1 heterocycles. The molecule has 0 radical (unpaired) electrons. The highest BCUT2D eigenvalue weighted by Gasteiger charge is 2.24. The van der Waals surface area contributed by atoms with Crippen LogP contribution in [0.4, 0.5) is 11.4 Å². The summed E-state index contributed by atoms with van der Waals surface area (Å²) in [7, 11) is 0. The number of nitrogens with two attached hydrogens (primary N) is 1. The highest BCUT2D eigenvalue weighted by Crippen LogP contribution is 2.24. The number of benzene rings is 2. The molecule has 0 saturated carbocycles. The van der Waals surface area contributed by atoms with Gasteiger partial charge in [0.1, 0.15) is 5.69 Å². The average Bonchev–Trinajstić information content (AvgIpc) is 2.78. The minimum absolute atomic E-state index is 0.0577. The van der Waals surface area contributed by atoms with Crippen LogP contribution in [0.3, 0.4) is 0 Å². The van der Waals surface area contributed by atoms with Gasteiger partial charge in [-0.25, -0.2) is 4.99 Å². The molecule has 0 unspecified atom stereocenters. The van der Waals surface area contributed by atoms with Crippen molar-refractivity contribution < 1.29 is 9.92 Å². The van der Waals surface area contributed by atoms with E-state index in [0.717, 1.165) is 16.7 Å². The molecule has 0 amide bonds. The molecule has 2 aromatic rings. The van der Waals surface area contributed by atoms with E-state index in [1.165, 1.54) is 12.1 Å². The molecule has 0 aromatic heterocycles. The highest BCUT2D eigenvalue weighted by atomic mass is 16.6. The Kier molecular flexibility index (Phi) is 2.98. The van der Waals surface area contributed by atoms with Gasteiger partial charge in [-0.15, -0.1) is 4.99 Å². The number of nitro groups is 1. The number of nitrogens with zero attached hydrogens (tertiary/aromatic N) is 2. The summed E-state index contributed by atoms with van der Waals surface area (Å²) in [6, 6.07) is 12.3. The Morgan fingerprint density at radius 2 is 1.90 bits per heavy atom. The molecule has 3 rings (SSSR count). The normalized spacial score (nSPS) is 14.9. The first-order valence-electron chi connectivity index (χ1n) is 6.39. The van der Waals surface area contributed by atoms with Crippen molar-refractivity contribution in [3.63, 3.8) is 0 Å². The van der Waals surface area contributed by atoms with E-state index in [-0.39, 0.29) is 5.69 Å². The zero-order chi connectivity index (χ0) is 15.0. The fourth-order valence-corrected chi connectivity index (χ4v) is 2.27. The molecule has 0 saturated heterocycles. The monoisotopic (exact) mass is 281 g/mol. The summed E-state index contributed by atoms with van der Waals surface area (Å²) in [6.45, 7) is 1.79. The smallest absolute Gasteiger partial charge is 0.269 e. The SMILES string of the molecule is Cc1cc([N+](=O)[O-])ccc1N=C1[NH+]=C(N)c2ccccc21. The van der Waals surface area contributed by atoms with Crippen molar-refractivity contribution in [3.05, 3.63) is 69.3 Å². The van der Waals surface area contributed by atoms with Crippen molar-refractivity contribution in [2.24, 2.45) is 10.7 Å². The lowest BCUT2D eigenvalue weighted by Crippen LogP contribution is -2.76. The second kappa shape index (κ2) is 4.82. The molecule has 104 valence electrons. The van der Waals surface area contributed by atoms with E-state index in [9.17, 15) is 10.1 Å². The zero-order valence-electron chi connectivity index (χ0n) is 11.3. The van der Waals surface area contributed by atoms with Gasteiger partial charge in [0.05, 0.1) is 16.1 Å². The number of hydrogen-bond acceptors (Lipinski definition) is 4. The van der Waals surface area contributed by atoms with Gasteiger partial charge in [0.2, 0.25) is 5.84 Å². The standard InChI is InChI=1S/C15H12N4O2/c1-9-8-10(19(20)21)6-7-13(9)17-15-12-5-3-2-4-11(12)14(16)18-15/h2-8H,1H3,(H2,16,17,18)/p+1. The second-order valence-electron chi connectivity index (χ2n) is 4.77. The zero-order valence-corrected chi connectivity index (χ0v) is 11.3. The van der Waals surface area contributed by atoms with E-state index >= 15 is 0 Å². The van der Waals surface area contributed by atoms with Gasteiger partial charge in [0.25, 0.3) is 11.5 Å². The van der Waals surface area contributed by atoms with Gasteiger partial charge in [-0.1, -0.05) is 12.1 Å². The third kappa shape index (κ3) is 2.27. The van der Waals surface area contributed by atoms with E-state index < -0.39 is 4.92 Å². The lowest BCUT2D eigenvalue weighted by molar-refractivity contribution is -0.384. The summed E-state index contributed by atoms with van der Waals surface area (Å²) in [5, 5.41) is 10.8. The van der Waals surface area contributed by atoms with Crippen molar-refractivity contribution >= 4 is 23.0 Å². The maximum absolute atomic E-state index is 10.8. The summed E-state index contributed by atoms with van der Waals surface area (Å²) >= 11 is 0. The largest absolute Gasteiger partial charge is 0.318 e. The second-order valence-corrected chi connectivity index (χ2v) is 4.77. The van der Waals surface area contributed by atoms with Crippen LogP contribution in [0.1, 0.15) is 16.7 Å². The molecule has 2 aromatic carbocycles. The minimum atomic E-state index is -0.418. The molecular formula is C15H13N4O2+. The minimum Gasteiger partial charge on any atom is -0.318 e. The summed E-state index contributed by atoms with van der Waals surface area (Å²) < 4.78 is 0. The van der Waals surface area contributed by atoms with Crippen LogP contribution in [0, 0.1) is 17.0 Å². The van der Waals surface area contributed by atoms with Gasteiger partial charge in [0, 0.05) is 12.1 Å². The number of rotatable bonds is 2. The molecular weight excluding hydrogens is 268 g/mol. The first kappa shape index (κ1) is 13.0. The van der Waals surface area contributed by atoms with Crippen molar-refractivity contribution in [1.29, 1.82) is 0 Å². The summed E-state index contributed by atoms with van der Waals surface area (Å²) in [4.78, 5) is 17.9. The number of nitrogen functional groups attached to an aromatic ring is 1. The maximum atomic E-state index is 10.8. The summed E-state index contributed by atoms with van der Waals surface area (Å²) in [6.07, 6.45) is 0. The number of nitrogens with one attached hydrogen (secondary N) is 1. The van der Waals surface area contributed by atoms with Crippen LogP contribution in [0.2, 0.25) is 0 Å².